The lowest BCUT2D eigenvalue weighted by Crippen LogP contribution is -2.52. The van der Waals surface area contributed by atoms with Crippen LogP contribution in [0.3, 0.4) is 0 Å². The molecule has 1 aliphatic carbocycles. The Morgan fingerprint density at radius 1 is 1.17 bits per heavy atom. The third-order valence-corrected chi connectivity index (χ3v) is 4.81. The van der Waals surface area contributed by atoms with Crippen molar-refractivity contribution in [2.24, 2.45) is 0 Å². The van der Waals surface area contributed by atoms with Crippen LogP contribution in [0.2, 0.25) is 0 Å². The lowest BCUT2D eigenvalue weighted by atomic mass is 9.88. The number of hydrogen-bond acceptors (Lipinski definition) is 3. The van der Waals surface area contributed by atoms with Gasteiger partial charge in [-0.3, -0.25) is 4.90 Å². The van der Waals surface area contributed by atoms with Crippen molar-refractivity contribution in [3.8, 4) is 0 Å². The summed E-state index contributed by atoms with van der Waals surface area (Å²) in [6.07, 6.45) is 8.34. The van der Waals surface area contributed by atoms with Crippen molar-refractivity contribution in [3.05, 3.63) is 0 Å². The van der Waals surface area contributed by atoms with Crippen molar-refractivity contribution in [3.63, 3.8) is 0 Å². The Morgan fingerprint density at radius 2 is 2.00 bits per heavy atom. The fraction of sp³-hybridized carbons (Fsp3) is 1.00. The van der Waals surface area contributed by atoms with Crippen molar-refractivity contribution in [1.29, 1.82) is 0 Å². The van der Waals surface area contributed by atoms with Crippen molar-refractivity contribution in [2.75, 3.05) is 33.7 Å². The molecule has 2 aliphatic rings. The van der Waals surface area contributed by atoms with Crippen LogP contribution in [0.5, 0.6) is 0 Å². The highest BCUT2D eigenvalue weighted by molar-refractivity contribution is 4.88. The van der Waals surface area contributed by atoms with Crippen molar-refractivity contribution in [2.45, 2.75) is 63.6 Å². The Balaban J connectivity index is 1.86. The van der Waals surface area contributed by atoms with E-state index in [4.69, 9.17) is 0 Å². The summed E-state index contributed by atoms with van der Waals surface area (Å²) in [5.41, 5.74) is 0. The van der Waals surface area contributed by atoms with E-state index < -0.39 is 0 Å². The van der Waals surface area contributed by atoms with E-state index >= 15 is 0 Å². The number of nitrogens with zero attached hydrogens (tertiary/aromatic N) is 2. The van der Waals surface area contributed by atoms with E-state index in [2.05, 4.69) is 36.1 Å². The Bertz CT molecular complexity index is 240. The van der Waals surface area contributed by atoms with Gasteiger partial charge in [-0.1, -0.05) is 13.3 Å². The second kappa shape index (κ2) is 6.88. The highest BCUT2D eigenvalue weighted by atomic mass is 15.2. The number of rotatable bonds is 4. The summed E-state index contributed by atoms with van der Waals surface area (Å²) in [4.78, 5) is 5.19. The molecule has 1 aliphatic heterocycles. The zero-order chi connectivity index (χ0) is 13.0. The summed E-state index contributed by atoms with van der Waals surface area (Å²) in [5.74, 6) is 0. The molecule has 0 aromatic carbocycles. The first-order valence-electron chi connectivity index (χ1n) is 7.84. The van der Waals surface area contributed by atoms with Crippen LogP contribution in [0, 0.1) is 0 Å². The van der Waals surface area contributed by atoms with Crippen LogP contribution >= 0.6 is 0 Å². The van der Waals surface area contributed by atoms with Crippen LogP contribution < -0.4 is 5.32 Å². The zero-order valence-corrected chi connectivity index (χ0v) is 12.5. The molecule has 0 bridgehead atoms. The second-order valence-corrected chi connectivity index (χ2v) is 6.33. The van der Waals surface area contributed by atoms with Crippen LogP contribution in [0.1, 0.15) is 45.4 Å². The number of likely N-dealkylation sites (N-methyl/N-ethyl adjacent to an activating group) is 1. The molecule has 2 rings (SSSR count). The maximum absolute atomic E-state index is 3.65. The van der Waals surface area contributed by atoms with E-state index in [1.54, 1.807) is 0 Å². The van der Waals surface area contributed by atoms with Gasteiger partial charge in [0.1, 0.15) is 0 Å². The highest BCUT2D eigenvalue weighted by Crippen LogP contribution is 2.26. The standard InChI is InChI=1S/C15H31N3/c1-4-16-13-7-5-8-14(11-13)18-10-6-9-15(12-18)17(2)3/h13-16H,4-12H2,1-3H3. The van der Waals surface area contributed by atoms with E-state index in [0.717, 1.165) is 24.7 Å². The fourth-order valence-electron chi connectivity index (χ4n) is 3.71. The molecular formula is C15H31N3. The van der Waals surface area contributed by atoms with Gasteiger partial charge < -0.3 is 10.2 Å². The van der Waals surface area contributed by atoms with Gasteiger partial charge >= 0.3 is 0 Å². The van der Waals surface area contributed by atoms with Crippen molar-refractivity contribution >= 4 is 0 Å². The first-order chi connectivity index (χ1) is 8.70. The van der Waals surface area contributed by atoms with E-state index in [9.17, 15) is 0 Å². The molecule has 3 unspecified atom stereocenters. The van der Waals surface area contributed by atoms with Gasteiger partial charge in [-0.15, -0.1) is 0 Å². The molecule has 0 spiro atoms. The van der Waals surface area contributed by atoms with Gasteiger partial charge in [-0.2, -0.15) is 0 Å². The predicted molar refractivity (Wildman–Crippen MR) is 78.0 cm³/mol. The lowest BCUT2D eigenvalue weighted by Gasteiger charge is -2.43. The maximum atomic E-state index is 3.65. The summed E-state index contributed by atoms with van der Waals surface area (Å²) in [5, 5.41) is 3.65. The number of hydrogen-bond donors (Lipinski definition) is 1. The van der Waals surface area contributed by atoms with Crippen molar-refractivity contribution in [1.82, 2.24) is 15.1 Å². The molecule has 18 heavy (non-hydrogen) atoms. The summed E-state index contributed by atoms with van der Waals surface area (Å²) in [7, 11) is 4.47. The van der Waals surface area contributed by atoms with Crippen molar-refractivity contribution < 1.29 is 0 Å². The SMILES string of the molecule is CCNC1CCCC(N2CCCC(N(C)C)C2)C1. The van der Waals surface area contributed by atoms with Gasteiger partial charge in [0.2, 0.25) is 0 Å². The average Bonchev–Trinajstić information content (AvgIpc) is 2.39. The lowest BCUT2D eigenvalue weighted by molar-refractivity contribution is 0.0715. The monoisotopic (exact) mass is 253 g/mol. The minimum atomic E-state index is 0.772. The Labute approximate surface area is 113 Å². The topological polar surface area (TPSA) is 18.5 Å². The van der Waals surface area contributed by atoms with Gasteiger partial charge in [-0.05, 0) is 59.3 Å². The largest absolute Gasteiger partial charge is 0.314 e. The molecule has 3 atom stereocenters. The van der Waals surface area contributed by atoms with Gasteiger partial charge in [0.25, 0.3) is 0 Å². The van der Waals surface area contributed by atoms with Crippen LogP contribution in [0.4, 0.5) is 0 Å². The molecule has 1 saturated heterocycles. The third-order valence-electron chi connectivity index (χ3n) is 4.81. The number of likely N-dealkylation sites (tertiary alicyclic amines) is 1. The first kappa shape index (κ1) is 14.3. The summed E-state index contributed by atoms with van der Waals surface area (Å²) >= 11 is 0. The molecule has 0 radical (unpaired) electrons. The summed E-state index contributed by atoms with van der Waals surface area (Å²) in [6.45, 7) is 5.97. The smallest absolute Gasteiger partial charge is 0.0217 e. The normalized spacial score (nSPS) is 35.0. The maximum Gasteiger partial charge on any atom is 0.0217 e. The molecule has 3 heteroatoms. The van der Waals surface area contributed by atoms with Gasteiger partial charge in [0, 0.05) is 24.7 Å². The molecule has 106 valence electrons. The molecule has 0 amide bonds. The summed E-state index contributed by atoms with van der Waals surface area (Å²) < 4.78 is 0. The van der Waals surface area contributed by atoms with Crippen LogP contribution in [-0.4, -0.2) is 61.7 Å². The molecule has 0 aromatic rings. The van der Waals surface area contributed by atoms with Gasteiger partial charge in [-0.25, -0.2) is 0 Å². The number of nitrogens with one attached hydrogen (secondary N) is 1. The summed E-state index contributed by atoms with van der Waals surface area (Å²) in [6, 6.07) is 2.39. The number of piperidine rings is 1. The minimum Gasteiger partial charge on any atom is -0.314 e. The molecule has 1 saturated carbocycles. The van der Waals surface area contributed by atoms with Gasteiger partial charge in [0.15, 0.2) is 0 Å². The molecule has 1 N–H and O–H groups in total. The van der Waals surface area contributed by atoms with Crippen LogP contribution in [0.15, 0.2) is 0 Å². The van der Waals surface area contributed by atoms with Gasteiger partial charge in [0.05, 0.1) is 0 Å². The molecule has 2 fully saturated rings. The van der Waals surface area contributed by atoms with Crippen LogP contribution in [0.25, 0.3) is 0 Å². The zero-order valence-electron chi connectivity index (χ0n) is 12.5. The average molecular weight is 253 g/mol. The molecule has 0 aromatic heterocycles. The fourth-order valence-corrected chi connectivity index (χ4v) is 3.71. The minimum absolute atomic E-state index is 0.772. The Hall–Kier alpha value is -0.120. The van der Waals surface area contributed by atoms with Crippen LogP contribution in [-0.2, 0) is 0 Å². The van der Waals surface area contributed by atoms with E-state index in [1.807, 2.05) is 0 Å². The highest BCUT2D eigenvalue weighted by Gasteiger charge is 2.30. The Kier molecular flexibility index (Phi) is 5.46. The molecule has 3 nitrogen and oxygen atoms in total. The third kappa shape index (κ3) is 3.69. The Morgan fingerprint density at radius 3 is 2.72 bits per heavy atom. The molecule has 1 heterocycles. The molecular weight excluding hydrogens is 222 g/mol. The first-order valence-corrected chi connectivity index (χ1v) is 7.84. The second-order valence-electron chi connectivity index (χ2n) is 6.33. The van der Waals surface area contributed by atoms with E-state index in [1.165, 1.54) is 51.6 Å². The van der Waals surface area contributed by atoms with E-state index in [0.29, 0.717) is 0 Å². The quantitative estimate of drug-likeness (QED) is 0.826. The predicted octanol–water partition coefficient (Wildman–Crippen LogP) is 1.93. The van der Waals surface area contributed by atoms with E-state index in [-0.39, 0.29) is 0 Å².